The van der Waals surface area contributed by atoms with E-state index in [1.165, 1.54) is 0 Å². The van der Waals surface area contributed by atoms with Crippen LogP contribution in [-0.4, -0.2) is 18.0 Å². The van der Waals surface area contributed by atoms with Crippen molar-refractivity contribution in [2.75, 3.05) is 0 Å². The molecule has 0 aliphatic heterocycles. The van der Waals surface area contributed by atoms with Gasteiger partial charge in [-0.25, -0.2) is 0 Å². The molecule has 0 aromatic rings. The molecule has 0 saturated carbocycles. The van der Waals surface area contributed by atoms with Crippen molar-refractivity contribution >= 4 is 5.91 Å². The molecule has 0 aliphatic rings. The molecule has 0 fully saturated rings. The summed E-state index contributed by atoms with van der Waals surface area (Å²) < 4.78 is 0. The van der Waals surface area contributed by atoms with Crippen molar-refractivity contribution in [3.63, 3.8) is 0 Å². The highest BCUT2D eigenvalue weighted by Gasteiger charge is 2.21. The lowest BCUT2D eigenvalue weighted by Crippen LogP contribution is -2.41. The first-order valence-corrected chi connectivity index (χ1v) is 5.28. The summed E-state index contributed by atoms with van der Waals surface area (Å²) in [7, 11) is 0. The largest absolute Gasteiger partial charge is 0.353 e. The van der Waals surface area contributed by atoms with Crippen molar-refractivity contribution < 1.29 is 4.79 Å². The van der Waals surface area contributed by atoms with E-state index in [1.807, 2.05) is 13.8 Å². The lowest BCUT2D eigenvalue weighted by molar-refractivity contribution is -0.122. The minimum atomic E-state index is 0.102. The Kier molecular flexibility index (Phi) is 5.13. The highest BCUT2D eigenvalue weighted by molar-refractivity contribution is 5.76. The number of carbonyl (C=O) groups excluding carboxylic acids is 1. The van der Waals surface area contributed by atoms with Gasteiger partial charge in [0.05, 0.1) is 0 Å². The second-order valence-electron chi connectivity index (χ2n) is 5.17. The summed E-state index contributed by atoms with van der Waals surface area (Å²) in [4.78, 5) is 11.4. The molecular formula is C11H24N2O. The van der Waals surface area contributed by atoms with Crippen LogP contribution in [0.3, 0.4) is 0 Å². The molecule has 0 aromatic heterocycles. The van der Waals surface area contributed by atoms with Gasteiger partial charge in [-0.1, -0.05) is 20.8 Å². The van der Waals surface area contributed by atoms with Gasteiger partial charge >= 0.3 is 0 Å². The van der Waals surface area contributed by atoms with E-state index in [2.05, 4.69) is 26.1 Å². The van der Waals surface area contributed by atoms with E-state index in [-0.39, 0.29) is 23.4 Å². The zero-order valence-corrected chi connectivity index (χ0v) is 10.1. The SMILES string of the molecule is CC(N)CCC(=O)NC(C)C(C)(C)C. The summed E-state index contributed by atoms with van der Waals surface area (Å²) in [6, 6.07) is 0.300. The van der Waals surface area contributed by atoms with Crippen molar-refractivity contribution in [1.82, 2.24) is 5.32 Å². The Bertz CT molecular complexity index is 182. The predicted octanol–water partition coefficient (Wildman–Crippen LogP) is 1.66. The van der Waals surface area contributed by atoms with Crippen LogP contribution in [0, 0.1) is 5.41 Å². The molecule has 3 N–H and O–H groups in total. The van der Waals surface area contributed by atoms with E-state index in [4.69, 9.17) is 5.73 Å². The Morgan fingerprint density at radius 2 is 1.86 bits per heavy atom. The summed E-state index contributed by atoms with van der Waals surface area (Å²) in [5.74, 6) is 0.102. The lowest BCUT2D eigenvalue weighted by atomic mass is 9.88. The average Bonchev–Trinajstić information content (AvgIpc) is 1.99. The maximum absolute atomic E-state index is 11.4. The normalized spacial score (nSPS) is 16.1. The number of carbonyl (C=O) groups is 1. The minimum Gasteiger partial charge on any atom is -0.353 e. The number of hydrogen-bond donors (Lipinski definition) is 2. The third-order valence-corrected chi connectivity index (χ3v) is 2.50. The molecular weight excluding hydrogens is 176 g/mol. The maximum Gasteiger partial charge on any atom is 0.220 e. The summed E-state index contributed by atoms with van der Waals surface area (Å²) in [5, 5.41) is 2.98. The lowest BCUT2D eigenvalue weighted by Gasteiger charge is -2.28. The fourth-order valence-electron chi connectivity index (χ4n) is 0.889. The van der Waals surface area contributed by atoms with Gasteiger partial charge in [-0.3, -0.25) is 4.79 Å². The zero-order chi connectivity index (χ0) is 11.4. The molecule has 0 aliphatic carbocycles. The quantitative estimate of drug-likeness (QED) is 0.725. The highest BCUT2D eigenvalue weighted by atomic mass is 16.1. The fourth-order valence-corrected chi connectivity index (χ4v) is 0.889. The van der Waals surface area contributed by atoms with Crippen molar-refractivity contribution in [1.29, 1.82) is 0 Å². The molecule has 0 spiro atoms. The summed E-state index contributed by atoms with van der Waals surface area (Å²) in [5.41, 5.74) is 5.69. The van der Waals surface area contributed by atoms with Gasteiger partial charge in [-0.15, -0.1) is 0 Å². The Morgan fingerprint density at radius 1 is 1.36 bits per heavy atom. The summed E-state index contributed by atoms with van der Waals surface area (Å²) in [6.45, 7) is 10.3. The van der Waals surface area contributed by atoms with E-state index in [0.29, 0.717) is 6.42 Å². The number of nitrogens with two attached hydrogens (primary N) is 1. The number of rotatable bonds is 4. The van der Waals surface area contributed by atoms with Crippen LogP contribution in [0.2, 0.25) is 0 Å². The van der Waals surface area contributed by atoms with Gasteiger partial charge < -0.3 is 11.1 Å². The number of hydrogen-bond acceptors (Lipinski definition) is 2. The predicted molar refractivity (Wildman–Crippen MR) is 59.9 cm³/mol. The van der Waals surface area contributed by atoms with Gasteiger partial charge in [-0.2, -0.15) is 0 Å². The van der Waals surface area contributed by atoms with Gasteiger partial charge in [0, 0.05) is 18.5 Å². The molecule has 0 radical (unpaired) electrons. The molecule has 2 unspecified atom stereocenters. The molecule has 0 heterocycles. The van der Waals surface area contributed by atoms with Crippen LogP contribution < -0.4 is 11.1 Å². The zero-order valence-electron chi connectivity index (χ0n) is 10.1. The minimum absolute atomic E-state index is 0.102. The van der Waals surface area contributed by atoms with Crippen LogP contribution in [-0.2, 0) is 4.79 Å². The Labute approximate surface area is 87.4 Å². The van der Waals surface area contributed by atoms with E-state index in [0.717, 1.165) is 6.42 Å². The van der Waals surface area contributed by atoms with Crippen molar-refractivity contribution in [2.45, 2.75) is 59.5 Å². The molecule has 84 valence electrons. The van der Waals surface area contributed by atoms with Crippen LogP contribution in [0.1, 0.15) is 47.5 Å². The van der Waals surface area contributed by atoms with Crippen molar-refractivity contribution in [3.8, 4) is 0 Å². The van der Waals surface area contributed by atoms with Crippen LogP contribution in [0.5, 0.6) is 0 Å². The Hall–Kier alpha value is -0.570. The third kappa shape index (κ3) is 5.97. The monoisotopic (exact) mass is 200 g/mol. The fraction of sp³-hybridized carbons (Fsp3) is 0.909. The van der Waals surface area contributed by atoms with Gasteiger partial charge in [0.15, 0.2) is 0 Å². The first-order valence-electron chi connectivity index (χ1n) is 5.28. The first kappa shape index (κ1) is 13.4. The second kappa shape index (κ2) is 5.35. The van der Waals surface area contributed by atoms with Crippen LogP contribution in [0.15, 0.2) is 0 Å². The van der Waals surface area contributed by atoms with E-state index < -0.39 is 0 Å². The molecule has 1 amide bonds. The molecule has 0 saturated heterocycles. The van der Waals surface area contributed by atoms with Crippen LogP contribution in [0.25, 0.3) is 0 Å². The molecule has 0 bridgehead atoms. The van der Waals surface area contributed by atoms with Crippen molar-refractivity contribution in [3.05, 3.63) is 0 Å². The molecule has 14 heavy (non-hydrogen) atoms. The molecule has 3 heteroatoms. The molecule has 0 aromatic carbocycles. The van der Waals surface area contributed by atoms with Gasteiger partial charge in [0.2, 0.25) is 5.91 Å². The van der Waals surface area contributed by atoms with E-state index >= 15 is 0 Å². The smallest absolute Gasteiger partial charge is 0.220 e. The third-order valence-electron chi connectivity index (χ3n) is 2.50. The first-order chi connectivity index (χ1) is 6.23. The second-order valence-corrected chi connectivity index (χ2v) is 5.17. The number of amides is 1. The molecule has 3 nitrogen and oxygen atoms in total. The Balaban J connectivity index is 3.84. The molecule has 2 atom stereocenters. The van der Waals surface area contributed by atoms with Crippen molar-refractivity contribution in [2.24, 2.45) is 11.1 Å². The van der Waals surface area contributed by atoms with Gasteiger partial charge in [-0.05, 0) is 25.7 Å². The van der Waals surface area contributed by atoms with Crippen LogP contribution >= 0.6 is 0 Å². The van der Waals surface area contributed by atoms with Gasteiger partial charge in [0.25, 0.3) is 0 Å². The highest BCUT2D eigenvalue weighted by Crippen LogP contribution is 2.18. The molecule has 0 rings (SSSR count). The summed E-state index contributed by atoms with van der Waals surface area (Å²) >= 11 is 0. The van der Waals surface area contributed by atoms with Gasteiger partial charge in [0.1, 0.15) is 0 Å². The maximum atomic E-state index is 11.4. The number of nitrogens with one attached hydrogen (secondary N) is 1. The van der Waals surface area contributed by atoms with E-state index in [1.54, 1.807) is 0 Å². The topological polar surface area (TPSA) is 55.1 Å². The summed E-state index contributed by atoms with van der Waals surface area (Å²) in [6.07, 6.45) is 1.28. The Morgan fingerprint density at radius 3 is 2.21 bits per heavy atom. The standard InChI is InChI=1S/C11H24N2O/c1-8(12)6-7-10(14)13-9(2)11(3,4)5/h8-9H,6-7,12H2,1-5H3,(H,13,14). The average molecular weight is 200 g/mol. The van der Waals surface area contributed by atoms with Crippen LogP contribution in [0.4, 0.5) is 0 Å². The van der Waals surface area contributed by atoms with E-state index in [9.17, 15) is 4.79 Å².